The molecule has 0 saturated carbocycles. The van der Waals surface area contributed by atoms with Crippen molar-refractivity contribution in [3.05, 3.63) is 30.0 Å². The number of methoxy groups -OCH3 is 1. The van der Waals surface area contributed by atoms with E-state index >= 15 is 0 Å². The maximum absolute atomic E-state index is 6.06. The van der Waals surface area contributed by atoms with E-state index in [4.69, 9.17) is 10.5 Å². The molecule has 1 aromatic heterocycles. The van der Waals surface area contributed by atoms with Crippen LogP contribution in [0.5, 0.6) is 5.75 Å². The topological polar surface area (TPSA) is 73.1 Å². The highest BCUT2D eigenvalue weighted by atomic mass is 32.2. The van der Waals surface area contributed by atoms with Gasteiger partial charge in [-0.3, -0.25) is 0 Å². The molecule has 0 amide bonds. The Morgan fingerprint density at radius 3 is 2.84 bits per heavy atom. The third kappa shape index (κ3) is 3.08. The van der Waals surface area contributed by atoms with Crippen LogP contribution in [0, 0.1) is 6.92 Å². The predicted octanol–water partition coefficient (Wildman–Crippen LogP) is 2.84. The lowest BCUT2D eigenvalue weighted by Crippen LogP contribution is -2.01. The van der Waals surface area contributed by atoms with Crippen molar-refractivity contribution in [2.24, 2.45) is 0 Å². The molecule has 19 heavy (non-hydrogen) atoms. The first-order valence-corrected chi connectivity index (χ1v) is 6.94. The van der Waals surface area contributed by atoms with Crippen molar-refractivity contribution in [3.63, 3.8) is 0 Å². The second kappa shape index (κ2) is 5.79. The van der Waals surface area contributed by atoms with E-state index in [9.17, 15) is 0 Å². The Morgan fingerprint density at radius 2 is 2.16 bits per heavy atom. The molecule has 0 aliphatic carbocycles. The van der Waals surface area contributed by atoms with Gasteiger partial charge in [0, 0.05) is 12.3 Å². The number of nitrogens with zero attached hydrogens (tertiary/aromatic N) is 2. The molecule has 1 aromatic carbocycles. The lowest BCUT2D eigenvalue weighted by Gasteiger charge is -2.13. The summed E-state index contributed by atoms with van der Waals surface area (Å²) in [6.07, 6.45) is 3.65. The number of thioether (sulfide) groups is 1. The fourth-order valence-corrected chi connectivity index (χ4v) is 1.99. The van der Waals surface area contributed by atoms with Crippen molar-refractivity contribution in [2.75, 3.05) is 24.4 Å². The lowest BCUT2D eigenvalue weighted by molar-refractivity contribution is 0.415. The number of aryl methyl sites for hydroxylation is 1. The molecule has 100 valence electrons. The number of hydrogen-bond donors (Lipinski definition) is 2. The first-order valence-electron chi connectivity index (χ1n) is 5.72. The number of aromatic nitrogens is 2. The smallest absolute Gasteiger partial charge is 0.189 e. The van der Waals surface area contributed by atoms with Crippen molar-refractivity contribution in [1.82, 2.24) is 9.97 Å². The van der Waals surface area contributed by atoms with Crippen molar-refractivity contribution in [1.29, 1.82) is 0 Å². The quantitative estimate of drug-likeness (QED) is 0.508. The zero-order chi connectivity index (χ0) is 13.8. The molecule has 0 aliphatic rings. The zero-order valence-electron chi connectivity index (χ0n) is 11.1. The van der Waals surface area contributed by atoms with Crippen LogP contribution in [0.25, 0.3) is 0 Å². The minimum absolute atomic E-state index is 0.685. The summed E-state index contributed by atoms with van der Waals surface area (Å²) in [4.78, 5) is 8.49. The van der Waals surface area contributed by atoms with Gasteiger partial charge in [0.1, 0.15) is 11.6 Å². The molecule has 2 aromatic rings. The number of hydrogen-bond acceptors (Lipinski definition) is 6. The largest absolute Gasteiger partial charge is 0.497 e. The van der Waals surface area contributed by atoms with E-state index in [0.717, 1.165) is 17.0 Å². The van der Waals surface area contributed by atoms with Gasteiger partial charge >= 0.3 is 0 Å². The fraction of sp³-hybridized carbons (Fsp3) is 0.231. The predicted molar refractivity (Wildman–Crippen MR) is 79.2 cm³/mol. The average molecular weight is 276 g/mol. The van der Waals surface area contributed by atoms with E-state index in [-0.39, 0.29) is 0 Å². The van der Waals surface area contributed by atoms with Crippen LogP contribution in [-0.4, -0.2) is 23.3 Å². The Balaban J connectivity index is 2.34. The van der Waals surface area contributed by atoms with Crippen LogP contribution in [0.15, 0.2) is 29.6 Å². The summed E-state index contributed by atoms with van der Waals surface area (Å²) < 4.78 is 5.24. The maximum atomic E-state index is 6.06. The second-order valence-electron chi connectivity index (χ2n) is 3.96. The molecule has 0 spiro atoms. The summed E-state index contributed by atoms with van der Waals surface area (Å²) in [5.41, 5.74) is 8.48. The van der Waals surface area contributed by atoms with Crippen molar-refractivity contribution < 1.29 is 4.74 Å². The molecular weight excluding hydrogens is 260 g/mol. The third-order valence-corrected chi connectivity index (χ3v) is 3.24. The summed E-state index contributed by atoms with van der Waals surface area (Å²) in [7, 11) is 1.63. The molecular formula is C13H16N4OS. The molecule has 0 radical (unpaired) electrons. The summed E-state index contributed by atoms with van der Waals surface area (Å²) in [6, 6.07) is 5.55. The average Bonchev–Trinajstić information content (AvgIpc) is 2.43. The molecule has 5 nitrogen and oxygen atoms in total. The molecule has 3 N–H and O–H groups in total. The Bertz CT molecular complexity index is 589. The lowest BCUT2D eigenvalue weighted by atomic mass is 10.1. The number of benzene rings is 1. The van der Waals surface area contributed by atoms with Crippen molar-refractivity contribution in [3.8, 4) is 5.75 Å². The van der Waals surface area contributed by atoms with E-state index in [1.165, 1.54) is 11.8 Å². The first-order chi connectivity index (χ1) is 9.13. The second-order valence-corrected chi connectivity index (χ2v) is 4.73. The summed E-state index contributed by atoms with van der Waals surface area (Å²) in [5, 5.41) is 3.90. The Morgan fingerprint density at radius 1 is 1.37 bits per heavy atom. The first kappa shape index (κ1) is 13.5. The van der Waals surface area contributed by atoms with Crippen LogP contribution in [0.2, 0.25) is 0 Å². The zero-order valence-corrected chi connectivity index (χ0v) is 11.9. The Hall–Kier alpha value is -1.95. The third-order valence-electron chi connectivity index (χ3n) is 2.67. The molecule has 0 unspecified atom stereocenters. The highest BCUT2D eigenvalue weighted by molar-refractivity contribution is 7.98. The number of rotatable bonds is 4. The highest BCUT2D eigenvalue weighted by Gasteiger charge is 2.07. The summed E-state index contributed by atoms with van der Waals surface area (Å²) in [6.45, 7) is 1.94. The molecule has 0 aliphatic heterocycles. The highest BCUT2D eigenvalue weighted by Crippen LogP contribution is 2.30. The van der Waals surface area contributed by atoms with Gasteiger partial charge in [-0.15, -0.1) is 0 Å². The van der Waals surface area contributed by atoms with Crippen LogP contribution >= 0.6 is 11.8 Å². The van der Waals surface area contributed by atoms with Gasteiger partial charge in [-0.1, -0.05) is 11.8 Å². The van der Waals surface area contributed by atoms with Gasteiger partial charge in [-0.2, -0.15) is 0 Å². The summed E-state index contributed by atoms with van der Waals surface area (Å²) >= 11 is 1.49. The molecule has 0 fully saturated rings. The van der Waals surface area contributed by atoms with Gasteiger partial charge in [0.25, 0.3) is 0 Å². The maximum Gasteiger partial charge on any atom is 0.189 e. The number of nitrogen functional groups attached to an aromatic ring is 1. The molecule has 0 atom stereocenters. The van der Waals surface area contributed by atoms with Gasteiger partial charge in [0.15, 0.2) is 5.16 Å². The van der Waals surface area contributed by atoms with Gasteiger partial charge in [0.2, 0.25) is 0 Å². The standard InChI is InChI=1S/C13H16N4OS/c1-8-6-9(18-2)7-10(12(8)14)16-11-4-5-15-13(17-11)19-3/h4-7H,14H2,1-3H3,(H,15,16,17). The number of ether oxygens (including phenoxy) is 1. The Labute approximate surface area is 116 Å². The van der Waals surface area contributed by atoms with Gasteiger partial charge < -0.3 is 15.8 Å². The minimum atomic E-state index is 0.685. The van der Waals surface area contributed by atoms with Gasteiger partial charge in [-0.25, -0.2) is 9.97 Å². The van der Waals surface area contributed by atoms with Gasteiger partial charge in [-0.05, 0) is 30.9 Å². The Kier molecular flexibility index (Phi) is 4.11. The molecule has 0 bridgehead atoms. The van der Waals surface area contributed by atoms with Crippen LogP contribution in [0.3, 0.4) is 0 Å². The molecule has 1 heterocycles. The van der Waals surface area contributed by atoms with E-state index < -0.39 is 0 Å². The van der Waals surface area contributed by atoms with Crippen molar-refractivity contribution in [2.45, 2.75) is 12.1 Å². The van der Waals surface area contributed by atoms with E-state index in [2.05, 4.69) is 15.3 Å². The normalized spacial score (nSPS) is 10.3. The van der Waals surface area contributed by atoms with Crippen LogP contribution in [0.4, 0.5) is 17.2 Å². The monoisotopic (exact) mass is 276 g/mol. The van der Waals surface area contributed by atoms with E-state index in [0.29, 0.717) is 16.7 Å². The van der Waals surface area contributed by atoms with Crippen LogP contribution < -0.4 is 15.8 Å². The summed E-state index contributed by atoms with van der Waals surface area (Å²) in [5.74, 6) is 1.46. The van der Waals surface area contributed by atoms with Crippen LogP contribution in [0.1, 0.15) is 5.56 Å². The van der Waals surface area contributed by atoms with Crippen LogP contribution in [-0.2, 0) is 0 Å². The van der Waals surface area contributed by atoms with E-state index in [1.807, 2.05) is 25.3 Å². The molecule has 0 saturated heterocycles. The number of nitrogens with one attached hydrogen (secondary N) is 1. The number of nitrogens with two attached hydrogens (primary N) is 1. The van der Waals surface area contributed by atoms with Crippen molar-refractivity contribution >= 4 is 29.0 Å². The fourth-order valence-electron chi connectivity index (χ4n) is 1.63. The SMILES string of the molecule is COc1cc(C)c(N)c(Nc2ccnc(SC)n2)c1. The molecule has 6 heteroatoms. The minimum Gasteiger partial charge on any atom is -0.497 e. The van der Waals surface area contributed by atoms with E-state index in [1.54, 1.807) is 19.4 Å². The van der Waals surface area contributed by atoms with Gasteiger partial charge in [0.05, 0.1) is 18.5 Å². The number of anilines is 3. The molecule has 2 rings (SSSR count).